The fourth-order valence-corrected chi connectivity index (χ4v) is 4.52. The van der Waals surface area contributed by atoms with Gasteiger partial charge in [-0.05, 0) is 53.6 Å². The number of halogens is 1. The van der Waals surface area contributed by atoms with E-state index in [-0.39, 0.29) is 6.04 Å². The third kappa shape index (κ3) is 4.68. The quantitative estimate of drug-likeness (QED) is 0.596. The number of anilines is 1. The van der Waals surface area contributed by atoms with E-state index in [2.05, 4.69) is 46.4 Å². The topological polar surface area (TPSA) is 64.4 Å². The minimum Gasteiger partial charge on any atom is -0.467 e. The second kappa shape index (κ2) is 9.62. The summed E-state index contributed by atoms with van der Waals surface area (Å²) in [6.07, 6.45) is 5.10. The number of aryl methyl sites for hydroxylation is 1. The second-order valence-corrected chi connectivity index (χ2v) is 8.48. The Morgan fingerprint density at radius 1 is 1.23 bits per heavy atom. The molecule has 1 fully saturated rings. The maximum atomic E-state index is 6.25. The number of hydrogen-bond acceptors (Lipinski definition) is 5. The zero-order chi connectivity index (χ0) is 20.9. The van der Waals surface area contributed by atoms with E-state index >= 15 is 0 Å². The summed E-state index contributed by atoms with van der Waals surface area (Å²) in [6.45, 7) is 9.05. The lowest BCUT2D eigenvalue weighted by molar-refractivity contribution is -0.933. The van der Waals surface area contributed by atoms with E-state index in [9.17, 15) is 0 Å². The Hall–Kier alpha value is -2.38. The van der Waals surface area contributed by atoms with Crippen LogP contribution in [-0.2, 0) is 6.54 Å². The number of nitrogens with zero attached hydrogens (tertiary/aromatic N) is 5. The fourth-order valence-electron chi connectivity index (χ4n) is 4.35. The number of piperazine rings is 1. The number of quaternary nitrogens is 1. The van der Waals surface area contributed by atoms with Gasteiger partial charge in [-0.1, -0.05) is 31.0 Å². The van der Waals surface area contributed by atoms with Crippen molar-refractivity contribution in [1.82, 2.24) is 20.2 Å². The van der Waals surface area contributed by atoms with Crippen molar-refractivity contribution in [3.05, 3.63) is 58.8 Å². The maximum absolute atomic E-state index is 6.25. The number of benzene rings is 1. The minimum atomic E-state index is 0.289. The number of furan rings is 1. The molecule has 0 unspecified atom stereocenters. The highest BCUT2D eigenvalue weighted by molar-refractivity contribution is 6.30. The predicted molar refractivity (Wildman–Crippen MR) is 117 cm³/mol. The first-order valence-electron chi connectivity index (χ1n) is 10.8. The van der Waals surface area contributed by atoms with Gasteiger partial charge in [-0.15, -0.1) is 5.10 Å². The van der Waals surface area contributed by atoms with Gasteiger partial charge in [0.25, 0.3) is 0 Å². The van der Waals surface area contributed by atoms with Gasteiger partial charge in [0.15, 0.2) is 0 Å². The van der Waals surface area contributed by atoms with Crippen molar-refractivity contribution in [1.29, 1.82) is 0 Å². The third-order valence-electron chi connectivity index (χ3n) is 6.01. The molecule has 0 spiro atoms. The number of unbranched alkanes of at least 4 members (excludes halogenated alkanes) is 1. The molecule has 1 N–H and O–H groups in total. The summed E-state index contributed by atoms with van der Waals surface area (Å²) in [5.41, 5.74) is 2.52. The molecular formula is C22H30ClN6O+. The normalized spacial score (nSPS) is 16.2. The smallest absolute Gasteiger partial charge is 0.209 e. The summed E-state index contributed by atoms with van der Waals surface area (Å²) in [7, 11) is 0. The average Bonchev–Trinajstić information content (AvgIpc) is 3.44. The molecule has 3 aromatic rings. The monoisotopic (exact) mass is 429 g/mol. The van der Waals surface area contributed by atoms with Crippen LogP contribution < -0.4 is 9.80 Å². The van der Waals surface area contributed by atoms with Crippen molar-refractivity contribution in [2.75, 3.05) is 31.1 Å². The first-order chi connectivity index (χ1) is 14.7. The van der Waals surface area contributed by atoms with Gasteiger partial charge < -0.3 is 14.2 Å². The van der Waals surface area contributed by atoms with Crippen molar-refractivity contribution in [2.24, 2.45) is 0 Å². The molecule has 0 amide bonds. The largest absolute Gasteiger partial charge is 0.467 e. The van der Waals surface area contributed by atoms with Crippen LogP contribution in [0.15, 0.2) is 41.0 Å². The van der Waals surface area contributed by atoms with Crippen molar-refractivity contribution in [2.45, 2.75) is 45.7 Å². The van der Waals surface area contributed by atoms with Crippen LogP contribution in [0.4, 0.5) is 5.69 Å². The number of nitrogens with one attached hydrogen (secondary N) is 1. The molecule has 0 saturated carbocycles. The standard InChI is InChI=1S/C22H29ClN6O/c1-3-4-7-20(22-24-25-26-29(22)16-19-6-5-14-30-19)27-10-12-28(13-11-27)21-15-18(23)9-8-17(21)2/h5-6,8-9,14-15,20H,3-4,7,10-13,16H2,1-2H3/p+1/t20-/m0/s1. The maximum Gasteiger partial charge on any atom is 0.209 e. The Balaban J connectivity index is 1.49. The van der Waals surface area contributed by atoms with E-state index in [1.54, 1.807) is 11.2 Å². The lowest BCUT2D eigenvalue weighted by atomic mass is 10.1. The van der Waals surface area contributed by atoms with E-state index < -0.39 is 0 Å². The highest BCUT2D eigenvalue weighted by Gasteiger charge is 2.32. The number of hydrogen-bond donors (Lipinski definition) is 1. The van der Waals surface area contributed by atoms with Crippen LogP contribution in [0.2, 0.25) is 5.02 Å². The van der Waals surface area contributed by atoms with Crippen LogP contribution in [0.1, 0.15) is 49.4 Å². The van der Waals surface area contributed by atoms with Gasteiger partial charge in [0.05, 0.1) is 32.4 Å². The van der Waals surface area contributed by atoms with Gasteiger partial charge in [-0.2, -0.15) is 0 Å². The zero-order valence-electron chi connectivity index (χ0n) is 17.7. The van der Waals surface area contributed by atoms with Crippen LogP contribution in [0.25, 0.3) is 0 Å². The van der Waals surface area contributed by atoms with E-state index in [1.807, 2.05) is 22.9 Å². The van der Waals surface area contributed by atoms with E-state index in [4.69, 9.17) is 16.0 Å². The van der Waals surface area contributed by atoms with Crippen molar-refractivity contribution in [3.63, 3.8) is 0 Å². The molecule has 0 bridgehead atoms. The molecule has 1 aromatic carbocycles. The van der Waals surface area contributed by atoms with Crippen molar-refractivity contribution in [3.8, 4) is 0 Å². The van der Waals surface area contributed by atoms with Crippen LogP contribution in [-0.4, -0.2) is 46.4 Å². The van der Waals surface area contributed by atoms with E-state index in [1.165, 1.54) is 17.7 Å². The van der Waals surface area contributed by atoms with Crippen LogP contribution in [0.5, 0.6) is 0 Å². The molecule has 30 heavy (non-hydrogen) atoms. The van der Waals surface area contributed by atoms with Gasteiger partial charge in [-0.3, -0.25) is 0 Å². The van der Waals surface area contributed by atoms with E-state index in [0.29, 0.717) is 6.54 Å². The number of aromatic nitrogens is 4. The molecule has 1 aliphatic heterocycles. The Kier molecular flexibility index (Phi) is 6.69. The number of tetrazole rings is 1. The van der Waals surface area contributed by atoms with Crippen LogP contribution in [0.3, 0.4) is 0 Å². The van der Waals surface area contributed by atoms with Gasteiger partial charge >= 0.3 is 0 Å². The third-order valence-corrected chi connectivity index (χ3v) is 6.25. The van der Waals surface area contributed by atoms with Gasteiger partial charge in [0.2, 0.25) is 5.82 Å². The lowest BCUT2D eigenvalue weighted by Gasteiger charge is -2.37. The summed E-state index contributed by atoms with van der Waals surface area (Å²) in [4.78, 5) is 4.00. The molecule has 0 radical (unpaired) electrons. The molecule has 2 aromatic heterocycles. The van der Waals surface area contributed by atoms with Gasteiger partial charge in [0.1, 0.15) is 18.3 Å². The number of rotatable bonds is 8. The molecule has 1 aliphatic rings. The molecule has 160 valence electrons. The zero-order valence-corrected chi connectivity index (χ0v) is 18.5. The summed E-state index contributed by atoms with van der Waals surface area (Å²) in [5, 5.41) is 13.5. The van der Waals surface area contributed by atoms with Crippen molar-refractivity contribution >= 4 is 17.3 Å². The Morgan fingerprint density at radius 3 is 2.80 bits per heavy atom. The highest BCUT2D eigenvalue weighted by atomic mass is 35.5. The summed E-state index contributed by atoms with van der Waals surface area (Å²) in [6, 6.07) is 10.3. The van der Waals surface area contributed by atoms with Gasteiger partial charge in [0, 0.05) is 17.1 Å². The molecular weight excluding hydrogens is 400 g/mol. The minimum absolute atomic E-state index is 0.289. The first-order valence-corrected chi connectivity index (χ1v) is 11.2. The summed E-state index contributed by atoms with van der Waals surface area (Å²) >= 11 is 6.25. The van der Waals surface area contributed by atoms with E-state index in [0.717, 1.165) is 55.6 Å². The Morgan fingerprint density at radius 2 is 2.07 bits per heavy atom. The highest BCUT2D eigenvalue weighted by Crippen LogP contribution is 2.24. The van der Waals surface area contributed by atoms with Gasteiger partial charge in [-0.25, -0.2) is 4.68 Å². The first kappa shape index (κ1) is 20.9. The molecule has 1 atom stereocenters. The summed E-state index contributed by atoms with van der Waals surface area (Å²) in [5.74, 6) is 1.83. The summed E-state index contributed by atoms with van der Waals surface area (Å²) < 4.78 is 7.41. The average molecular weight is 430 g/mol. The predicted octanol–water partition coefficient (Wildman–Crippen LogP) is 2.91. The van der Waals surface area contributed by atoms with Crippen LogP contribution in [0, 0.1) is 6.92 Å². The lowest BCUT2D eigenvalue weighted by Crippen LogP contribution is -3.15. The molecule has 1 saturated heterocycles. The molecule has 0 aliphatic carbocycles. The molecule has 4 rings (SSSR count). The van der Waals surface area contributed by atoms with Crippen molar-refractivity contribution < 1.29 is 9.32 Å². The molecule has 3 heterocycles. The molecule has 7 nitrogen and oxygen atoms in total. The fraction of sp³-hybridized carbons (Fsp3) is 0.500. The Labute approximate surface area is 182 Å². The molecule has 8 heteroatoms. The second-order valence-electron chi connectivity index (χ2n) is 8.05. The Bertz CT molecular complexity index is 933. The SMILES string of the molecule is CCCC[C@@H](c1nnnn1Cc1ccco1)[NH+]1CCN(c2cc(Cl)ccc2C)CC1. The van der Waals surface area contributed by atoms with Crippen LogP contribution >= 0.6 is 11.6 Å².